The molecular weight excluding hydrogens is 231 g/mol. The Morgan fingerprint density at radius 3 is 2.71 bits per heavy atom. The van der Waals surface area contributed by atoms with Crippen molar-refractivity contribution in [1.82, 2.24) is 0 Å². The molecule has 1 aliphatic heterocycles. The van der Waals surface area contributed by atoms with Crippen LogP contribution in [0.1, 0.15) is 0 Å². The van der Waals surface area contributed by atoms with Crippen LogP contribution in [0.25, 0.3) is 0 Å². The maximum atomic E-state index is 13.3. The van der Waals surface area contributed by atoms with Crippen molar-refractivity contribution in [3.8, 4) is 0 Å². The summed E-state index contributed by atoms with van der Waals surface area (Å²) >= 11 is 0. The van der Waals surface area contributed by atoms with Crippen molar-refractivity contribution in [1.29, 1.82) is 0 Å². The molecule has 17 heavy (non-hydrogen) atoms. The van der Waals surface area contributed by atoms with Crippen LogP contribution in [-0.4, -0.2) is 29.1 Å². The molecule has 0 saturated carbocycles. The molecule has 0 atom stereocenters. The number of carboxylic acid groups (broad SMARTS) is 1. The van der Waals surface area contributed by atoms with Gasteiger partial charge in [-0.2, -0.15) is 4.39 Å². The number of halogens is 1. The summed E-state index contributed by atoms with van der Waals surface area (Å²) in [7, 11) is 0. The number of anilines is 1. The lowest BCUT2D eigenvalue weighted by Crippen LogP contribution is -2.50. The number of nitrogens with zero attached hydrogens (tertiary/aromatic N) is 2. The number of hydrogen-bond donors (Lipinski definition) is 1. The van der Waals surface area contributed by atoms with Gasteiger partial charge in [-0.1, -0.05) is 6.07 Å². The van der Waals surface area contributed by atoms with E-state index in [9.17, 15) is 19.3 Å². The molecule has 0 aliphatic carbocycles. The first kappa shape index (κ1) is 11.3. The van der Waals surface area contributed by atoms with Crippen LogP contribution in [0, 0.1) is 21.8 Å². The number of carbonyl (C=O) groups is 1. The number of rotatable bonds is 3. The van der Waals surface area contributed by atoms with E-state index in [1.54, 1.807) is 0 Å². The number of para-hydroxylation sites is 1. The first-order valence-corrected chi connectivity index (χ1v) is 4.91. The van der Waals surface area contributed by atoms with Crippen LogP contribution in [0.3, 0.4) is 0 Å². The number of benzene rings is 1. The van der Waals surface area contributed by atoms with Gasteiger partial charge < -0.3 is 10.0 Å². The second-order valence-electron chi connectivity index (χ2n) is 3.80. The van der Waals surface area contributed by atoms with Gasteiger partial charge in [-0.15, -0.1) is 0 Å². The molecule has 90 valence electrons. The predicted molar refractivity (Wildman–Crippen MR) is 56.4 cm³/mol. The molecule has 1 aliphatic rings. The average Bonchev–Trinajstić information content (AvgIpc) is 2.13. The van der Waals surface area contributed by atoms with E-state index in [0.717, 1.165) is 6.07 Å². The summed E-state index contributed by atoms with van der Waals surface area (Å²) in [6.45, 7) is 0.333. The van der Waals surface area contributed by atoms with E-state index in [0.29, 0.717) is 0 Å². The Morgan fingerprint density at radius 2 is 2.18 bits per heavy atom. The van der Waals surface area contributed by atoms with E-state index in [4.69, 9.17) is 5.11 Å². The Balaban J connectivity index is 2.26. The SMILES string of the molecule is O=C(O)C1CN(c2cccc(F)c2[N+](=O)[O-])C1. The van der Waals surface area contributed by atoms with Gasteiger partial charge in [0.2, 0.25) is 5.82 Å². The van der Waals surface area contributed by atoms with Gasteiger partial charge in [-0.05, 0) is 12.1 Å². The summed E-state index contributed by atoms with van der Waals surface area (Å²) in [5, 5.41) is 19.4. The molecular formula is C10H9FN2O4. The van der Waals surface area contributed by atoms with Gasteiger partial charge in [0.05, 0.1) is 10.8 Å². The van der Waals surface area contributed by atoms with Crippen molar-refractivity contribution < 1.29 is 19.2 Å². The lowest BCUT2D eigenvalue weighted by atomic mass is 9.99. The highest BCUT2D eigenvalue weighted by atomic mass is 19.1. The van der Waals surface area contributed by atoms with Crippen molar-refractivity contribution in [3.63, 3.8) is 0 Å². The second kappa shape index (κ2) is 4.00. The minimum absolute atomic E-state index is 0.132. The first-order valence-electron chi connectivity index (χ1n) is 4.91. The normalized spacial score (nSPS) is 15.5. The maximum absolute atomic E-state index is 13.3. The standard InChI is InChI=1S/C10H9FN2O4/c11-7-2-1-3-8(9(7)13(16)17)12-4-6(5-12)10(14)15/h1-3,6H,4-5H2,(H,14,15). The van der Waals surface area contributed by atoms with E-state index in [2.05, 4.69) is 0 Å². The molecule has 0 spiro atoms. The Kier molecular flexibility index (Phi) is 2.66. The molecule has 0 unspecified atom stereocenters. The van der Waals surface area contributed by atoms with E-state index >= 15 is 0 Å². The lowest BCUT2D eigenvalue weighted by molar-refractivity contribution is -0.386. The van der Waals surface area contributed by atoms with Crippen LogP contribution in [0.2, 0.25) is 0 Å². The van der Waals surface area contributed by atoms with Gasteiger partial charge >= 0.3 is 11.7 Å². The highest BCUT2D eigenvalue weighted by Gasteiger charge is 2.36. The third-order valence-corrected chi connectivity index (χ3v) is 2.72. The molecule has 7 heteroatoms. The Bertz CT molecular complexity index is 485. The molecule has 0 amide bonds. The second-order valence-corrected chi connectivity index (χ2v) is 3.80. The molecule has 1 fully saturated rings. The monoisotopic (exact) mass is 240 g/mol. The van der Waals surface area contributed by atoms with Gasteiger partial charge in [0.25, 0.3) is 0 Å². The molecule has 6 nitrogen and oxygen atoms in total. The molecule has 1 saturated heterocycles. The van der Waals surface area contributed by atoms with Gasteiger partial charge in [0.15, 0.2) is 0 Å². The van der Waals surface area contributed by atoms with Crippen LogP contribution in [0.4, 0.5) is 15.8 Å². The Labute approximate surface area is 95.4 Å². The topological polar surface area (TPSA) is 83.7 Å². The van der Waals surface area contributed by atoms with Crippen LogP contribution >= 0.6 is 0 Å². The van der Waals surface area contributed by atoms with Gasteiger partial charge in [-0.3, -0.25) is 14.9 Å². The van der Waals surface area contributed by atoms with Crippen molar-refractivity contribution >= 4 is 17.3 Å². The van der Waals surface area contributed by atoms with Crippen molar-refractivity contribution in [2.24, 2.45) is 5.92 Å². The van der Waals surface area contributed by atoms with Crippen LogP contribution < -0.4 is 4.90 Å². The van der Waals surface area contributed by atoms with Crippen LogP contribution in [-0.2, 0) is 4.79 Å². The first-order chi connectivity index (χ1) is 8.00. The zero-order chi connectivity index (χ0) is 12.6. The van der Waals surface area contributed by atoms with Crippen LogP contribution in [0.5, 0.6) is 0 Å². The molecule has 0 bridgehead atoms. The highest BCUT2D eigenvalue weighted by molar-refractivity contribution is 5.76. The summed E-state index contributed by atoms with van der Waals surface area (Å²) in [5.74, 6) is -2.40. The maximum Gasteiger partial charge on any atom is 0.327 e. The van der Waals surface area contributed by atoms with Crippen molar-refractivity contribution in [3.05, 3.63) is 34.1 Å². The predicted octanol–water partition coefficient (Wildman–Crippen LogP) is 1.25. The van der Waals surface area contributed by atoms with E-state index in [1.807, 2.05) is 0 Å². The minimum atomic E-state index is -0.944. The number of aliphatic carboxylic acids is 1. The summed E-state index contributed by atoms with van der Waals surface area (Å²) < 4.78 is 13.3. The molecule has 0 radical (unpaired) electrons. The zero-order valence-electron chi connectivity index (χ0n) is 8.67. The number of carboxylic acids is 1. The quantitative estimate of drug-likeness (QED) is 0.635. The van der Waals surface area contributed by atoms with Crippen molar-refractivity contribution in [2.75, 3.05) is 18.0 Å². The average molecular weight is 240 g/mol. The van der Waals surface area contributed by atoms with Gasteiger partial charge in [0, 0.05) is 13.1 Å². The molecule has 1 N–H and O–H groups in total. The number of nitro benzene ring substituents is 1. The highest BCUT2D eigenvalue weighted by Crippen LogP contribution is 2.34. The Morgan fingerprint density at radius 1 is 1.53 bits per heavy atom. The van der Waals surface area contributed by atoms with Crippen molar-refractivity contribution in [2.45, 2.75) is 0 Å². The van der Waals surface area contributed by atoms with E-state index < -0.39 is 28.3 Å². The zero-order valence-corrected chi connectivity index (χ0v) is 8.67. The number of nitro groups is 1. The fourth-order valence-corrected chi connectivity index (χ4v) is 1.77. The Hall–Kier alpha value is -2.18. The minimum Gasteiger partial charge on any atom is -0.481 e. The summed E-state index contributed by atoms with van der Waals surface area (Å²) in [4.78, 5) is 22.0. The van der Waals surface area contributed by atoms with E-state index in [-0.39, 0.29) is 18.8 Å². The number of hydrogen-bond acceptors (Lipinski definition) is 4. The molecule has 1 heterocycles. The molecule has 1 aromatic rings. The van der Waals surface area contributed by atoms with Gasteiger partial charge in [0.1, 0.15) is 5.69 Å². The summed E-state index contributed by atoms with van der Waals surface area (Å²) in [6.07, 6.45) is 0. The molecule has 2 rings (SSSR count). The summed E-state index contributed by atoms with van der Waals surface area (Å²) in [6, 6.07) is 3.79. The van der Waals surface area contributed by atoms with E-state index in [1.165, 1.54) is 17.0 Å². The third kappa shape index (κ3) is 1.91. The molecule has 0 aromatic heterocycles. The van der Waals surface area contributed by atoms with Gasteiger partial charge in [-0.25, -0.2) is 0 Å². The fourth-order valence-electron chi connectivity index (χ4n) is 1.77. The largest absolute Gasteiger partial charge is 0.481 e. The smallest absolute Gasteiger partial charge is 0.327 e. The molecule has 1 aromatic carbocycles. The third-order valence-electron chi connectivity index (χ3n) is 2.72. The summed E-state index contributed by atoms with van der Waals surface area (Å²) in [5.41, 5.74) is -0.469. The lowest BCUT2D eigenvalue weighted by Gasteiger charge is -2.38. The van der Waals surface area contributed by atoms with Crippen LogP contribution in [0.15, 0.2) is 18.2 Å². The fraction of sp³-hybridized carbons (Fsp3) is 0.300.